The van der Waals surface area contributed by atoms with Crippen LogP contribution in [0.15, 0.2) is 47.8 Å². The van der Waals surface area contributed by atoms with Crippen LogP contribution in [-0.4, -0.2) is 88.9 Å². The minimum atomic E-state index is -2.87. The molecule has 18 heteroatoms. The van der Waals surface area contributed by atoms with Crippen LogP contribution in [0.1, 0.15) is 85.9 Å². The van der Waals surface area contributed by atoms with Crippen molar-refractivity contribution in [1.29, 1.82) is 0 Å². The Labute approximate surface area is 313 Å². The second kappa shape index (κ2) is 14.6. The number of nitrogens with zero attached hydrogens (tertiary/aromatic N) is 9. The van der Waals surface area contributed by atoms with Crippen molar-refractivity contribution >= 4 is 45.8 Å². The largest absolute Gasteiger partial charge is 0.367 e. The summed E-state index contributed by atoms with van der Waals surface area (Å²) in [5.41, 5.74) is 0.759. The van der Waals surface area contributed by atoms with Gasteiger partial charge in [0.15, 0.2) is 11.3 Å². The summed E-state index contributed by atoms with van der Waals surface area (Å²) >= 11 is 0. The van der Waals surface area contributed by atoms with Crippen LogP contribution in [0.5, 0.6) is 0 Å². The number of piperidine rings is 2. The smallest absolute Gasteiger partial charge is 0.329 e. The van der Waals surface area contributed by atoms with E-state index in [0.29, 0.717) is 41.4 Å². The van der Waals surface area contributed by atoms with E-state index in [2.05, 4.69) is 37.8 Å². The number of rotatable bonds is 9. The third-order valence-electron chi connectivity index (χ3n) is 11.6. The molecule has 0 bridgehead atoms. The van der Waals surface area contributed by atoms with Gasteiger partial charge < -0.3 is 15.1 Å². The number of carbonyl (C=O) groups excluding carboxylic acids is 3. The second-order valence-corrected chi connectivity index (χ2v) is 14.9. The Morgan fingerprint density at radius 1 is 1.07 bits per heavy atom. The van der Waals surface area contributed by atoms with Gasteiger partial charge in [-0.05, 0) is 76.1 Å². The summed E-state index contributed by atoms with van der Waals surface area (Å²) in [7, 11) is 3.68. The third kappa shape index (κ3) is 6.76. The van der Waals surface area contributed by atoms with Gasteiger partial charge in [-0.3, -0.25) is 33.5 Å². The highest BCUT2D eigenvalue weighted by molar-refractivity contribution is 6.08. The van der Waals surface area contributed by atoms with Crippen molar-refractivity contribution in [3.8, 4) is 0 Å². The maximum absolute atomic E-state index is 15.6. The van der Waals surface area contributed by atoms with E-state index in [4.69, 9.17) is 0 Å². The van der Waals surface area contributed by atoms with E-state index >= 15 is 4.39 Å². The van der Waals surface area contributed by atoms with E-state index in [1.54, 1.807) is 24.0 Å². The van der Waals surface area contributed by atoms with Crippen LogP contribution in [0, 0.1) is 11.7 Å². The fourth-order valence-electron chi connectivity index (χ4n) is 8.67. The Bertz CT molecular complexity index is 2330. The highest BCUT2D eigenvalue weighted by Crippen LogP contribution is 2.37. The first kappa shape index (κ1) is 36.5. The number of hydrogen-bond acceptors (Lipinski definition) is 9. The number of carbonyl (C=O) groups is 3. The van der Waals surface area contributed by atoms with Gasteiger partial charge in [-0.2, -0.15) is 10.2 Å². The van der Waals surface area contributed by atoms with Crippen LogP contribution < -0.4 is 21.2 Å². The predicted molar refractivity (Wildman–Crippen MR) is 196 cm³/mol. The molecule has 290 valence electrons. The molecular weight excluding hydrogens is 719 g/mol. The Kier molecular flexibility index (Phi) is 9.69. The lowest BCUT2D eigenvalue weighted by Crippen LogP contribution is -2.45. The van der Waals surface area contributed by atoms with Gasteiger partial charge in [0.1, 0.15) is 17.4 Å². The molecule has 2 aliphatic heterocycles. The number of fused-ring (bicyclic) bond motifs is 2. The Hall–Kier alpha value is -5.52. The molecule has 1 aliphatic carbocycles. The highest BCUT2D eigenvalue weighted by Gasteiger charge is 2.34. The summed E-state index contributed by atoms with van der Waals surface area (Å²) in [6.45, 7) is 2.02. The molecule has 1 aromatic carbocycles. The normalized spacial score (nSPS) is 21.3. The molecule has 0 radical (unpaired) electrons. The van der Waals surface area contributed by atoms with Gasteiger partial charge in [0, 0.05) is 57.7 Å². The number of halogens is 3. The van der Waals surface area contributed by atoms with Crippen LogP contribution in [0.25, 0.3) is 16.7 Å². The Balaban J connectivity index is 0.880. The Morgan fingerprint density at radius 2 is 1.84 bits per heavy atom. The zero-order valence-electron chi connectivity index (χ0n) is 30.5. The van der Waals surface area contributed by atoms with Crippen LogP contribution >= 0.6 is 0 Å². The number of alkyl halides is 2. The molecule has 1 unspecified atom stereocenters. The fourth-order valence-corrected chi connectivity index (χ4v) is 8.67. The first-order chi connectivity index (χ1) is 26.5. The molecule has 1 atom stereocenters. The molecule has 15 nitrogen and oxygen atoms in total. The van der Waals surface area contributed by atoms with Crippen molar-refractivity contribution in [3.63, 3.8) is 0 Å². The fraction of sp³-hybridized carbons (Fsp3) is 0.486. The van der Waals surface area contributed by atoms with Gasteiger partial charge in [0.05, 0.1) is 34.6 Å². The van der Waals surface area contributed by atoms with Crippen molar-refractivity contribution < 1.29 is 27.6 Å². The lowest BCUT2D eigenvalue weighted by atomic mass is 9.85. The number of aryl methyl sites for hydroxylation is 1. The standard InChI is InChI=1S/C37H42F3N11O4/c1-46(22-12-16-48(17-13-22)31-25(38)8-9-27-32(31)47(2)37(55)51(27)28-10-11-29(52)44-36(28)54)19-21-4-6-23(7-5-21)50-20-26(30(45-50)33(39)40)43-35(53)24-18-42-49-15-3-14-41-34(24)49/h3,8-9,14-15,18,20-23,28,33H,4-7,10-13,16-17,19H2,1-2H3,(H,43,53)(H,44,52,54). The summed E-state index contributed by atoms with van der Waals surface area (Å²) in [6, 6.07) is 3.87. The molecule has 6 heterocycles. The van der Waals surface area contributed by atoms with Crippen molar-refractivity contribution in [2.45, 2.75) is 75.9 Å². The van der Waals surface area contributed by atoms with E-state index in [9.17, 15) is 28.0 Å². The average Bonchev–Trinajstić information content (AvgIpc) is 3.87. The molecular formula is C37H42F3N11O4. The maximum atomic E-state index is 15.6. The number of imide groups is 1. The van der Waals surface area contributed by atoms with Crippen molar-refractivity contribution in [2.24, 2.45) is 13.0 Å². The van der Waals surface area contributed by atoms with E-state index in [1.165, 1.54) is 44.4 Å². The molecule has 3 amide bonds. The van der Waals surface area contributed by atoms with E-state index < -0.39 is 41.5 Å². The van der Waals surface area contributed by atoms with Crippen LogP contribution in [0.2, 0.25) is 0 Å². The van der Waals surface area contributed by atoms with E-state index in [1.807, 2.05) is 4.90 Å². The molecule has 3 fully saturated rings. The number of nitrogens with one attached hydrogen (secondary N) is 2. The quantitative estimate of drug-likeness (QED) is 0.210. The molecule has 2 saturated heterocycles. The highest BCUT2D eigenvalue weighted by atomic mass is 19.3. The zero-order chi connectivity index (χ0) is 38.5. The molecule has 5 aromatic rings. The molecule has 3 aliphatic rings. The first-order valence-corrected chi connectivity index (χ1v) is 18.6. The summed E-state index contributed by atoms with van der Waals surface area (Å²) in [6.07, 6.45) is 8.32. The van der Waals surface area contributed by atoms with Crippen molar-refractivity contribution in [3.05, 3.63) is 70.5 Å². The summed E-state index contributed by atoms with van der Waals surface area (Å²) < 4.78 is 49.4. The second-order valence-electron chi connectivity index (χ2n) is 14.9. The molecule has 1 saturated carbocycles. The summed E-state index contributed by atoms with van der Waals surface area (Å²) in [5.74, 6) is -1.54. The average molecular weight is 762 g/mol. The SMILES string of the molecule is CN(CC1CCC(n2cc(NC(=O)c3cnn4cccnc34)c(C(F)F)n2)CC1)C1CCN(c2c(F)ccc3c2n(C)c(=O)n3C2CCC(=O)NC2=O)CC1. The number of aromatic nitrogens is 7. The van der Waals surface area contributed by atoms with E-state index in [-0.39, 0.29) is 42.1 Å². The first-order valence-electron chi connectivity index (χ1n) is 18.6. The van der Waals surface area contributed by atoms with Crippen molar-refractivity contribution in [1.82, 2.24) is 43.7 Å². The lowest BCUT2D eigenvalue weighted by molar-refractivity contribution is -0.135. The summed E-state index contributed by atoms with van der Waals surface area (Å²) in [4.78, 5) is 59.4. The topological polar surface area (TPSA) is 157 Å². The number of amides is 3. The van der Waals surface area contributed by atoms with Gasteiger partial charge in [-0.1, -0.05) is 0 Å². The Morgan fingerprint density at radius 3 is 2.56 bits per heavy atom. The van der Waals surface area contributed by atoms with Crippen molar-refractivity contribution in [2.75, 3.05) is 36.9 Å². The third-order valence-corrected chi connectivity index (χ3v) is 11.6. The van der Waals surface area contributed by atoms with Crippen LogP contribution in [0.3, 0.4) is 0 Å². The molecule has 8 rings (SSSR count). The number of benzene rings is 1. The summed E-state index contributed by atoms with van der Waals surface area (Å²) in [5, 5.41) is 13.2. The van der Waals surface area contributed by atoms with Crippen LogP contribution in [0.4, 0.5) is 24.5 Å². The number of imidazole rings is 1. The molecule has 55 heavy (non-hydrogen) atoms. The minimum Gasteiger partial charge on any atom is -0.367 e. The predicted octanol–water partition coefficient (Wildman–Crippen LogP) is 4.22. The van der Waals surface area contributed by atoms with Gasteiger partial charge in [-0.25, -0.2) is 27.5 Å². The van der Waals surface area contributed by atoms with Gasteiger partial charge in [0.25, 0.3) is 12.3 Å². The lowest BCUT2D eigenvalue weighted by Gasteiger charge is -2.40. The van der Waals surface area contributed by atoms with E-state index in [0.717, 1.165) is 45.1 Å². The number of anilines is 2. The molecule has 4 aromatic heterocycles. The van der Waals surface area contributed by atoms with Crippen LogP contribution in [-0.2, 0) is 16.6 Å². The maximum Gasteiger partial charge on any atom is 0.329 e. The molecule has 0 spiro atoms. The zero-order valence-corrected chi connectivity index (χ0v) is 30.5. The minimum absolute atomic E-state index is 0.0336. The van der Waals surface area contributed by atoms with Gasteiger partial charge in [0.2, 0.25) is 11.8 Å². The molecule has 2 N–H and O–H groups in total. The monoisotopic (exact) mass is 761 g/mol. The van der Waals surface area contributed by atoms with Gasteiger partial charge >= 0.3 is 5.69 Å². The van der Waals surface area contributed by atoms with Gasteiger partial charge in [-0.15, -0.1) is 0 Å². The number of hydrogen-bond donors (Lipinski definition) is 2.